The van der Waals surface area contributed by atoms with Crippen molar-refractivity contribution in [3.63, 3.8) is 0 Å². The molecule has 0 aliphatic carbocycles. The van der Waals surface area contributed by atoms with Crippen LogP contribution in [0, 0.1) is 0 Å². The van der Waals surface area contributed by atoms with Crippen LogP contribution in [-0.4, -0.2) is 32.0 Å². The Balaban J connectivity index is 1.51. The number of H-pyrrole nitrogens is 1. The Morgan fingerprint density at radius 3 is 2.85 bits per heavy atom. The van der Waals surface area contributed by atoms with E-state index in [1.165, 1.54) is 0 Å². The molecule has 0 amide bonds. The second-order valence-corrected chi connectivity index (χ2v) is 10.4. The maximum Gasteiger partial charge on any atom is 0.271 e. The van der Waals surface area contributed by atoms with E-state index in [-0.39, 0.29) is 22.5 Å². The molecule has 1 fully saturated rings. The Kier molecular flexibility index (Phi) is 5.88. The van der Waals surface area contributed by atoms with Crippen LogP contribution < -0.4 is 10.3 Å². The van der Waals surface area contributed by atoms with Gasteiger partial charge in [-0.2, -0.15) is 0 Å². The fourth-order valence-corrected chi connectivity index (χ4v) is 5.71. The van der Waals surface area contributed by atoms with Crippen molar-refractivity contribution >= 4 is 22.6 Å². The number of para-hydroxylation sites is 1. The van der Waals surface area contributed by atoms with Crippen LogP contribution in [0.2, 0.25) is 0 Å². The maximum absolute atomic E-state index is 13.2. The second-order valence-electron chi connectivity index (χ2n) is 9.08. The molecule has 0 spiro atoms. The average molecular weight is 465 g/mol. The SMILES string of the molecule is CC1=Nc2c(c(=O)[nH]n2[C@H]2CCOC(C)(C)C2)[C@@H](c2ccccc2OCc2ccccn2)S1. The van der Waals surface area contributed by atoms with Gasteiger partial charge in [0.15, 0.2) is 5.82 Å². The third kappa shape index (κ3) is 4.50. The molecule has 0 bridgehead atoms. The first-order valence-corrected chi connectivity index (χ1v) is 12.1. The number of benzene rings is 1. The van der Waals surface area contributed by atoms with Gasteiger partial charge >= 0.3 is 0 Å². The van der Waals surface area contributed by atoms with Gasteiger partial charge in [0.2, 0.25) is 0 Å². The predicted octanol–water partition coefficient (Wildman–Crippen LogP) is 5.17. The van der Waals surface area contributed by atoms with Gasteiger partial charge < -0.3 is 9.47 Å². The summed E-state index contributed by atoms with van der Waals surface area (Å²) in [6.45, 7) is 7.21. The van der Waals surface area contributed by atoms with Crippen LogP contribution in [0.25, 0.3) is 0 Å². The first kappa shape index (κ1) is 22.0. The molecule has 2 atom stereocenters. The first-order chi connectivity index (χ1) is 15.9. The Labute approximate surface area is 197 Å². The van der Waals surface area contributed by atoms with E-state index >= 15 is 0 Å². The Bertz CT molecular complexity index is 1230. The van der Waals surface area contributed by atoms with Gasteiger partial charge in [0, 0.05) is 18.4 Å². The van der Waals surface area contributed by atoms with Crippen molar-refractivity contribution in [3.05, 3.63) is 75.8 Å². The number of hydrogen-bond donors (Lipinski definition) is 1. The zero-order chi connectivity index (χ0) is 23.0. The Morgan fingerprint density at radius 1 is 1.24 bits per heavy atom. The lowest BCUT2D eigenvalue weighted by molar-refractivity contribution is -0.0705. The normalized spacial score (nSPS) is 21.8. The lowest BCUT2D eigenvalue weighted by Crippen LogP contribution is -2.35. The number of nitrogens with one attached hydrogen (secondary N) is 1. The maximum atomic E-state index is 13.2. The number of thioether (sulfide) groups is 1. The molecular formula is C25H28N4O3S. The van der Waals surface area contributed by atoms with Crippen molar-refractivity contribution in [2.24, 2.45) is 4.99 Å². The fraction of sp³-hybridized carbons (Fsp3) is 0.400. The number of aliphatic imine (C=N–C) groups is 1. The number of rotatable bonds is 5. The van der Waals surface area contributed by atoms with E-state index in [1.54, 1.807) is 18.0 Å². The minimum Gasteiger partial charge on any atom is -0.487 e. The molecule has 4 heterocycles. The van der Waals surface area contributed by atoms with E-state index in [4.69, 9.17) is 14.5 Å². The molecule has 1 aromatic carbocycles. The number of ether oxygens (including phenoxy) is 2. The van der Waals surface area contributed by atoms with Crippen LogP contribution in [0.1, 0.15) is 61.7 Å². The van der Waals surface area contributed by atoms with Gasteiger partial charge in [0.25, 0.3) is 5.56 Å². The molecule has 5 rings (SSSR count). The third-order valence-electron chi connectivity index (χ3n) is 6.09. The van der Waals surface area contributed by atoms with Gasteiger partial charge in [-0.1, -0.05) is 36.0 Å². The van der Waals surface area contributed by atoms with Crippen molar-refractivity contribution in [1.29, 1.82) is 0 Å². The molecule has 172 valence electrons. The number of hydrogen-bond acceptors (Lipinski definition) is 6. The van der Waals surface area contributed by atoms with E-state index in [0.29, 0.717) is 18.8 Å². The van der Waals surface area contributed by atoms with Crippen LogP contribution in [0.3, 0.4) is 0 Å². The fourth-order valence-electron chi connectivity index (χ4n) is 4.58. The van der Waals surface area contributed by atoms with Crippen LogP contribution in [-0.2, 0) is 11.3 Å². The highest BCUT2D eigenvalue weighted by Crippen LogP contribution is 2.47. The first-order valence-electron chi connectivity index (χ1n) is 11.2. The quantitative estimate of drug-likeness (QED) is 0.564. The number of aromatic nitrogens is 3. The van der Waals surface area contributed by atoms with Crippen LogP contribution in [0.15, 0.2) is 58.4 Å². The van der Waals surface area contributed by atoms with Gasteiger partial charge in [-0.15, -0.1) is 0 Å². The number of aromatic amines is 1. The summed E-state index contributed by atoms with van der Waals surface area (Å²) in [4.78, 5) is 22.4. The molecule has 0 unspecified atom stereocenters. The molecular weight excluding hydrogens is 436 g/mol. The minimum atomic E-state index is -0.232. The lowest BCUT2D eigenvalue weighted by atomic mass is 9.94. The lowest BCUT2D eigenvalue weighted by Gasteiger charge is -2.36. The largest absolute Gasteiger partial charge is 0.487 e. The van der Waals surface area contributed by atoms with Crippen LogP contribution >= 0.6 is 11.8 Å². The van der Waals surface area contributed by atoms with E-state index in [9.17, 15) is 4.79 Å². The van der Waals surface area contributed by atoms with Gasteiger partial charge in [0.1, 0.15) is 12.4 Å². The third-order valence-corrected chi connectivity index (χ3v) is 7.25. The van der Waals surface area contributed by atoms with Gasteiger partial charge in [-0.25, -0.2) is 4.99 Å². The van der Waals surface area contributed by atoms with Gasteiger partial charge in [-0.05, 0) is 51.8 Å². The molecule has 2 aliphatic heterocycles. The van der Waals surface area contributed by atoms with Gasteiger partial charge in [-0.3, -0.25) is 19.6 Å². The summed E-state index contributed by atoms with van der Waals surface area (Å²) in [5.74, 6) is 1.48. The number of nitrogens with zero attached hydrogens (tertiary/aromatic N) is 3. The second kappa shape index (κ2) is 8.83. The van der Waals surface area contributed by atoms with Crippen molar-refractivity contribution in [3.8, 4) is 5.75 Å². The number of pyridine rings is 1. The topological polar surface area (TPSA) is 81.5 Å². The average Bonchev–Trinajstić information content (AvgIpc) is 3.13. The zero-order valence-corrected chi connectivity index (χ0v) is 19.9. The molecule has 0 radical (unpaired) electrons. The molecule has 7 nitrogen and oxygen atoms in total. The highest BCUT2D eigenvalue weighted by Gasteiger charge is 2.36. The van der Waals surface area contributed by atoms with Crippen molar-refractivity contribution in [1.82, 2.24) is 14.8 Å². The summed E-state index contributed by atoms with van der Waals surface area (Å²) in [5.41, 5.74) is 2.17. The van der Waals surface area contributed by atoms with Crippen molar-refractivity contribution in [2.75, 3.05) is 6.61 Å². The predicted molar refractivity (Wildman–Crippen MR) is 131 cm³/mol. The zero-order valence-electron chi connectivity index (χ0n) is 19.1. The minimum absolute atomic E-state index is 0.0948. The highest BCUT2D eigenvalue weighted by atomic mass is 32.2. The molecule has 1 saturated heterocycles. The van der Waals surface area contributed by atoms with E-state index in [0.717, 1.165) is 40.7 Å². The summed E-state index contributed by atoms with van der Waals surface area (Å²) < 4.78 is 14.0. The Morgan fingerprint density at radius 2 is 2.06 bits per heavy atom. The summed E-state index contributed by atoms with van der Waals surface area (Å²) in [6.07, 6.45) is 3.42. The molecule has 0 saturated carbocycles. The van der Waals surface area contributed by atoms with E-state index in [2.05, 4.69) is 23.9 Å². The monoisotopic (exact) mass is 464 g/mol. The molecule has 3 aromatic rings. The van der Waals surface area contributed by atoms with Crippen LogP contribution in [0.4, 0.5) is 5.82 Å². The molecule has 2 aromatic heterocycles. The molecule has 2 aliphatic rings. The smallest absolute Gasteiger partial charge is 0.271 e. The van der Waals surface area contributed by atoms with E-state index < -0.39 is 0 Å². The number of fused-ring (bicyclic) bond motifs is 1. The molecule has 1 N–H and O–H groups in total. The summed E-state index contributed by atoms with van der Waals surface area (Å²) in [7, 11) is 0. The van der Waals surface area contributed by atoms with Crippen LogP contribution in [0.5, 0.6) is 5.75 Å². The molecule has 33 heavy (non-hydrogen) atoms. The Hall–Kier alpha value is -2.84. The highest BCUT2D eigenvalue weighted by molar-refractivity contribution is 8.14. The molecule has 8 heteroatoms. The standard InChI is InChI=1S/C25H28N4O3S/c1-16-27-23-21(24(30)28-29(23)18-11-13-32-25(2,3)14-18)22(33-16)19-9-4-5-10-20(19)31-15-17-8-6-7-12-26-17/h4-10,12,18,22H,11,13-15H2,1-3H3,(H,28,30)/t18-,22+/m0/s1. The van der Waals surface area contributed by atoms with E-state index in [1.807, 2.05) is 54.1 Å². The summed E-state index contributed by atoms with van der Waals surface area (Å²) in [6, 6.07) is 13.8. The van der Waals surface area contributed by atoms with Gasteiger partial charge in [0.05, 0.1) is 33.2 Å². The summed E-state index contributed by atoms with van der Waals surface area (Å²) >= 11 is 1.59. The van der Waals surface area contributed by atoms with Crippen molar-refractivity contribution in [2.45, 2.75) is 57.1 Å². The van der Waals surface area contributed by atoms with Crippen molar-refractivity contribution < 1.29 is 9.47 Å². The summed E-state index contributed by atoms with van der Waals surface area (Å²) in [5, 5.41) is 3.82.